The van der Waals surface area contributed by atoms with Crippen LogP contribution in [0.15, 0.2) is 54.6 Å². The summed E-state index contributed by atoms with van der Waals surface area (Å²) in [6.07, 6.45) is 11.3. The Morgan fingerprint density at radius 2 is 1.54 bits per heavy atom. The van der Waals surface area contributed by atoms with E-state index in [1.165, 1.54) is 63.9 Å². The minimum Gasteiger partial charge on any atom is -0.512 e. The molecule has 1 aromatic heterocycles. The summed E-state index contributed by atoms with van der Waals surface area (Å²) in [7, 11) is 0. The van der Waals surface area contributed by atoms with Gasteiger partial charge in [0.25, 0.3) is 0 Å². The van der Waals surface area contributed by atoms with Crippen molar-refractivity contribution in [3.8, 4) is 11.3 Å². The van der Waals surface area contributed by atoms with E-state index >= 15 is 0 Å². The van der Waals surface area contributed by atoms with Gasteiger partial charge in [-0.2, -0.15) is 0 Å². The monoisotopic (exact) mass is 826 g/mol. The third-order valence-electron chi connectivity index (χ3n) is 11.2. The molecular formula is C43H57IrN2O2-. The zero-order valence-corrected chi connectivity index (χ0v) is 33.4. The minimum atomic E-state index is -0.337. The number of aryl methyl sites for hydroxylation is 1. The van der Waals surface area contributed by atoms with Crippen LogP contribution in [0.2, 0.25) is 0 Å². The molecule has 4 nitrogen and oxygen atoms in total. The van der Waals surface area contributed by atoms with E-state index in [1.807, 2.05) is 41.5 Å². The predicted octanol–water partition coefficient (Wildman–Crippen LogP) is 12.0. The molecule has 0 bridgehead atoms. The molecule has 1 heterocycles. The van der Waals surface area contributed by atoms with Crippen LogP contribution in [0.3, 0.4) is 0 Å². The standard InChI is InChI=1S/C28H29N2.C15H28O2.Ir/c1-17(2)21-14-20-12-13-24-27(23-11-7-9-19-8-5-6-10-22(19)23)29-16-30-28(24)26(20)25(15-21)18(3)4;1-7-14(5,8-2)12(16)11-13(17)15(6,9-3)10-4;/h7,9,12-18H,5-6,8,10H2,1-4H3;11,16H,7-10H2,1-6H3;/q-1;;/b;12-11-;. The van der Waals surface area contributed by atoms with Crippen molar-refractivity contribution in [3.05, 3.63) is 82.9 Å². The first-order valence-corrected chi connectivity index (χ1v) is 18.0. The Bertz CT molecular complexity index is 1750. The van der Waals surface area contributed by atoms with Crippen molar-refractivity contribution in [1.82, 2.24) is 9.97 Å². The van der Waals surface area contributed by atoms with Crippen LogP contribution in [0.25, 0.3) is 32.9 Å². The van der Waals surface area contributed by atoms with Gasteiger partial charge in [0.05, 0.1) is 5.52 Å². The van der Waals surface area contributed by atoms with Gasteiger partial charge in [0.1, 0.15) is 12.1 Å². The molecule has 1 N–H and O–H groups in total. The number of aromatic nitrogens is 2. The van der Waals surface area contributed by atoms with E-state index in [0.29, 0.717) is 11.8 Å². The molecule has 5 rings (SSSR count). The van der Waals surface area contributed by atoms with Crippen molar-refractivity contribution in [3.63, 3.8) is 0 Å². The number of hydrogen-bond donors (Lipinski definition) is 1. The molecule has 3 aromatic carbocycles. The number of allylic oxidation sites excluding steroid dienone is 2. The van der Waals surface area contributed by atoms with Crippen LogP contribution in [0.1, 0.15) is 142 Å². The molecule has 0 saturated carbocycles. The van der Waals surface area contributed by atoms with Crippen molar-refractivity contribution >= 4 is 27.5 Å². The quantitative estimate of drug-likeness (QED) is 0.0749. The SMILES string of the molecule is CC(C)c1cc(C(C)C)c2c(ccc3c(-c4[c-]ccc5c4CCCC5)ncnc32)c1.CCC(C)(CC)C(=O)/C=C(\O)C(C)(CC)CC.[Ir]. The Morgan fingerprint density at radius 1 is 0.896 bits per heavy atom. The number of fused-ring (bicyclic) bond motifs is 4. The normalized spacial score (nSPS) is 13.7. The molecule has 4 aromatic rings. The average molecular weight is 826 g/mol. The van der Waals surface area contributed by atoms with Crippen molar-refractivity contribution in [2.24, 2.45) is 10.8 Å². The Morgan fingerprint density at radius 3 is 2.15 bits per heavy atom. The smallest absolute Gasteiger partial charge is 0.164 e. The van der Waals surface area contributed by atoms with Gasteiger partial charge in [0.2, 0.25) is 0 Å². The molecule has 5 heteroatoms. The van der Waals surface area contributed by atoms with Gasteiger partial charge in [-0.25, -0.2) is 4.98 Å². The Labute approximate surface area is 303 Å². The van der Waals surface area contributed by atoms with Gasteiger partial charge in [-0.1, -0.05) is 113 Å². The van der Waals surface area contributed by atoms with Crippen LogP contribution in [0.4, 0.5) is 0 Å². The molecule has 1 aliphatic rings. The Hall–Kier alpha value is -2.88. The summed E-state index contributed by atoms with van der Waals surface area (Å²) in [5.41, 5.74) is 8.34. The second-order valence-corrected chi connectivity index (χ2v) is 14.7. The fourth-order valence-electron chi connectivity index (χ4n) is 6.64. The van der Waals surface area contributed by atoms with Crippen LogP contribution < -0.4 is 0 Å². The summed E-state index contributed by atoms with van der Waals surface area (Å²) >= 11 is 0. The number of carbonyl (C=O) groups is 1. The first kappa shape index (κ1) is 39.6. The summed E-state index contributed by atoms with van der Waals surface area (Å²) < 4.78 is 0. The van der Waals surface area contributed by atoms with Crippen LogP contribution >= 0.6 is 0 Å². The summed E-state index contributed by atoms with van der Waals surface area (Å²) in [4.78, 5) is 21.7. The second-order valence-electron chi connectivity index (χ2n) is 14.7. The van der Waals surface area contributed by atoms with Crippen molar-refractivity contribution < 1.29 is 30.0 Å². The number of hydrogen-bond acceptors (Lipinski definition) is 4. The van der Waals surface area contributed by atoms with Gasteiger partial charge < -0.3 is 5.11 Å². The summed E-state index contributed by atoms with van der Waals surface area (Å²) in [5.74, 6) is 1.23. The van der Waals surface area contributed by atoms with E-state index in [9.17, 15) is 9.90 Å². The molecule has 0 unspecified atom stereocenters. The van der Waals surface area contributed by atoms with Gasteiger partial charge in [0, 0.05) is 42.4 Å². The second kappa shape index (κ2) is 16.7. The number of carbonyl (C=O) groups excluding carboxylic acids is 1. The Kier molecular flexibility index (Phi) is 13.7. The van der Waals surface area contributed by atoms with E-state index in [4.69, 9.17) is 9.97 Å². The molecule has 0 fully saturated rings. The van der Waals surface area contributed by atoms with Crippen LogP contribution in [-0.4, -0.2) is 20.9 Å². The molecule has 48 heavy (non-hydrogen) atoms. The number of rotatable bonds is 10. The largest absolute Gasteiger partial charge is 0.512 e. The van der Waals surface area contributed by atoms with Gasteiger partial charge in [-0.3, -0.25) is 9.78 Å². The van der Waals surface area contributed by atoms with Gasteiger partial charge in [-0.15, -0.1) is 34.9 Å². The molecule has 0 spiro atoms. The van der Waals surface area contributed by atoms with Gasteiger partial charge in [-0.05, 0) is 71.5 Å². The molecule has 0 aliphatic heterocycles. The minimum absolute atomic E-state index is 0. The molecule has 0 amide bonds. The fraction of sp³-hybridized carbons (Fsp3) is 0.512. The zero-order valence-electron chi connectivity index (χ0n) is 31.0. The maximum atomic E-state index is 12.2. The molecule has 0 atom stereocenters. The van der Waals surface area contributed by atoms with Crippen molar-refractivity contribution in [2.45, 2.75) is 132 Å². The van der Waals surface area contributed by atoms with Gasteiger partial charge in [0.15, 0.2) is 5.78 Å². The molecular weight excluding hydrogens is 769 g/mol. The third-order valence-corrected chi connectivity index (χ3v) is 11.2. The van der Waals surface area contributed by atoms with E-state index in [2.05, 4.69) is 70.2 Å². The van der Waals surface area contributed by atoms with E-state index in [-0.39, 0.29) is 42.5 Å². The van der Waals surface area contributed by atoms with Crippen LogP contribution in [0, 0.1) is 16.9 Å². The Balaban J connectivity index is 0.000000301. The van der Waals surface area contributed by atoms with Gasteiger partial charge >= 0.3 is 0 Å². The zero-order chi connectivity index (χ0) is 34.5. The maximum Gasteiger partial charge on any atom is 0.164 e. The fourth-order valence-corrected chi connectivity index (χ4v) is 6.64. The number of nitrogens with zero attached hydrogens (tertiary/aromatic N) is 2. The number of ketones is 1. The number of aliphatic hydroxyl groups excluding tert-OH is 1. The molecule has 1 radical (unpaired) electrons. The average Bonchev–Trinajstić information content (AvgIpc) is 3.09. The first-order chi connectivity index (χ1) is 22.3. The number of benzene rings is 3. The van der Waals surface area contributed by atoms with E-state index in [1.54, 1.807) is 6.33 Å². The topological polar surface area (TPSA) is 63.1 Å². The van der Waals surface area contributed by atoms with E-state index in [0.717, 1.165) is 48.7 Å². The van der Waals surface area contributed by atoms with Crippen molar-refractivity contribution in [1.29, 1.82) is 0 Å². The number of aliphatic hydroxyl groups is 1. The van der Waals surface area contributed by atoms with E-state index < -0.39 is 0 Å². The summed E-state index contributed by atoms with van der Waals surface area (Å²) in [6, 6.07) is 17.0. The first-order valence-electron chi connectivity index (χ1n) is 18.0. The van der Waals surface area contributed by atoms with Crippen LogP contribution in [0.5, 0.6) is 0 Å². The van der Waals surface area contributed by atoms with Crippen molar-refractivity contribution in [2.75, 3.05) is 0 Å². The molecule has 0 saturated heterocycles. The third kappa shape index (κ3) is 8.11. The summed E-state index contributed by atoms with van der Waals surface area (Å²) in [5, 5.41) is 13.8. The van der Waals surface area contributed by atoms with Crippen LogP contribution in [-0.2, 0) is 37.7 Å². The molecule has 261 valence electrons. The maximum absolute atomic E-state index is 12.2. The molecule has 1 aliphatic carbocycles. The predicted molar refractivity (Wildman–Crippen MR) is 199 cm³/mol. The summed E-state index contributed by atoms with van der Waals surface area (Å²) in [6.45, 7) is 21.2.